The van der Waals surface area contributed by atoms with Crippen molar-refractivity contribution >= 4 is 0 Å². The molecule has 2 aromatic rings. The van der Waals surface area contributed by atoms with Crippen molar-refractivity contribution in [1.29, 1.82) is 0 Å². The summed E-state index contributed by atoms with van der Waals surface area (Å²) in [5.41, 5.74) is 5.98. The molecule has 0 saturated heterocycles. The van der Waals surface area contributed by atoms with Gasteiger partial charge in [0, 0.05) is 6.42 Å². The Balaban J connectivity index is 2.31. The van der Waals surface area contributed by atoms with Crippen LogP contribution in [0.15, 0.2) is 28.8 Å². The van der Waals surface area contributed by atoms with Gasteiger partial charge in [0.15, 0.2) is 0 Å². The highest BCUT2D eigenvalue weighted by Gasteiger charge is 2.16. The lowest BCUT2D eigenvalue weighted by atomic mass is 10.2. The third-order valence-electron chi connectivity index (χ3n) is 2.21. The Morgan fingerprint density at radius 2 is 2.24 bits per heavy atom. The molecule has 0 spiro atoms. The van der Waals surface area contributed by atoms with E-state index in [-0.39, 0.29) is 17.3 Å². The zero-order chi connectivity index (χ0) is 12.3. The summed E-state index contributed by atoms with van der Waals surface area (Å²) in [7, 11) is 0. The van der Waals surface area contributed by atoms with E-state index in [1.165, 1.54) is 6.07 Å². The van der Waals surface area contributed by atoms with Crippen LogP contribution in [0.4, 0.5) is 4.39 Å². The van der Waals surface area contributed by atoms with Crippen molar-refractivity contribution in [2.45, 2.75) is 12.5 Å². The van der Waals surface area contributed by atoms with Crippen molar-refractivity contribution in [3.63, 3.8) is 0 Å². The molecule has 86 valence electrons. The highest BCUT2D eigenvalue weighted by Crippen LogP contribution is 2.21. The topological polar surface area (TPSA) is 64.9 Å². The smallest absolute Gasteiger partial charge is 0.244 e. The van der Waals surface area contributed by atoms with Gasteiger partial charge < -0.3 is 10.3 Å². The number of terminal acetylenes is 1. The van der Waals surface area contributed by atoms with Gasteiger partial charge in [0.05, 0.1) is 11.6 Å². The number of aromatic nitrogens is 2. The molecule has 0 fully saturated rings. The van der Waals surface area contributed by atoms with Crippen molar-refractivity contribution in [2.75, 3.05) is 0 Å². The minimum absolute atomic E-state index is 0.172. The van der Waals surface area contributed by atoms with Gasteiger partial charge in [-0.1, -0.05) is 17.3 Å². The molecule has 1 heterocycles. The summed E-state index contributed by atoms with van der Waals surface area (Å²) in [5.74, 6) is 2.37. The minimum atomic E-state index is -0.520. The van der Waals surface area contributed by atoms with Gasteiger partial charge >= 0.3 is 0 Å². The zero-order valence-corrected chi connectivity index (χ0v) is 8.93. The van der Waals surface area contributed by atoms with Crippen LogP contribution in [0.3, 0.4) is 0 Å². The lowest BCUT2D eigenvalue weighted by molar-refractivity contribution is 0.356. The van der Waals surface area contributed by atoms with Crippen LogP contribution in [-0.4, -0.2) is 10.1 Å². The quantitative estimate of drug-likeness (QED) is 0.819. The number of benzene rings is 1. The number of halogens is 1. The van der Waals surface area contributed by atoms with Crippen LogP contribution in [0.5, 0.6) is 0 Å². The molecule has 2 rings (SSSR count). The minimum Gasteiger partial charge on any atom is -0.337 e. The number of nitrogens with zero attached hydrogens (tertiary/aromatic N) is 2. The summed E-state index contributed by atoms with van der Waals surface area (Å²) in [5, 5.41) is 3.68. The van der Waals surface area contributed by atoms with Gasteiger partial charge in [0.1, 0.15) is 5.82 Å². The largest absolute Gasteiger partial charge is 0.337 e. The summed E-state index contributed by atoms with van der Waals surface area (Å²) < 4.78 is 18.4. The van der Waals surface area contributed by atoms with E-state index in [2.05, 4.69) is 16.1 Å². The van der Waals surface area contributed by atoms with E-state index < -0.39 is 11.9 Å². The van der Waals surface area contributed by atoms with Gasteiger partial charge in [-0.3, -0.25) is 0 Å². The maximum Gasteiger partial charge on any atom is 0.244 e. The molecule has 0 bridgehead atoms. The molecular weight excluding hydrogens is 221 g/mol. The van der Waals surface area contributed by atoms with Crippen LogP contribution in [0.1, 0.15) is 18.4 Å². The Hall–Kier alpha value is -2.19. The summed E-state index contributed by atoms with van der Waals surface area (Å²) in [6.45, 7) is 0. The molecule has 1 unspecified atom stereocenters. The van der Waals surface area contributed by atoms with Crippen LogP contribution in [0.2, 0.25) is 0 Å². The Kier molecular flexibility index (Phi) is 3.17. The van der Waals surface area contributed by atoms with E-state index >= 15 is 0 Å². The van der Waals surface area contributed by atoms with Crippen LogP contribution in [0.25, 0.3) is 11.4 Å². The molecule has 2 N–H and O–H groups in total. The Bertz CT molecular complexity index is 559. The van der Waals surface area contributed by atoms with Gasteiger partial charge in [-0.15, -0.1) is 12.3 Å². The van der Waals surface area contributed by atoms with Crippen molar-refractivity contribution in [3.8, 4) is 23.7 Å². The van der Waals surface area contributed by atoms with Crippen molar-refractivity contribution in [2.24, 2.45) is 5.73 Å². The molecule has 1 aromatic heterocycles. The number of hydrogen-bond donors (Lipinski definition) is 1. The second-order valence-corrected chi connectivity index (χ2v) is 3.45. The first kappa shape index (κ1) is 11.3. The van der Waals surface area contributed by atoms with Crippen LogP contribution < -0.4 is 5.73 Å². The molecular formula is C12H10FN3O. The van der Waals surface area contributed by atoms with Crippen LogP contribution in [0, 0.1) is 18.2 Å². The third-order valence-corrected chi connectivity index (χ3v) is 2.21. The molecule has 0 aliphatic heterocycles. The molecule has 0 aliphatic rings. The summed E-state index contributed by atoms with van der Waals surface area (Å²) >= 11 is 0. The standard InChI is InChI=1S/C12H10FN3O/c1-2-5-10(14)12-15-11(16-17-12)8-6-3-4-7-9(8)13/h1,3-4,6-7,10H,5,14H2. The molecule has 4 nitrogen and oxygen atoms in total. The van der Waals surface area contributed by atoms with Crippen molar-refractivity contribution in [1.82, 2.24) is 10.1 Å². The van der Waals surface area contributed by atoms with E-state index in [1.807, 2.05) is 0 Å². The van der Waals surface area contributed by atoms with E-state index in [9.17, 15) is 4.39 Å². The maximum atomic E-state index is 13.4. The molecule has 1 aromatic carbocycles. The zero-order valence-electron chi connectivity index (χ0n) is 8.93. The average Bonchev–Trinajstić information content (AvgIpc) is 2.79. The molecule has 0 aliphatic carbocycles. The predicted molar refractivity (Wildman–Crippen MR) is 60.1 cm³/mol. The SMILES string of the molecule is C#CCC(N)c1nc(-c2ccccc2F)no1. The molecule has 0 amide bonds. The van der Waals surface area contributed by atoms with Crippen molar-refractivity contribution in [3.05, 3.63) is 36.0 Å². The second-order valence-electron chi connectivity index (χ2n) is 3.45. The summed E-state index contributed by atoms with van der Waals surface area (Å²) in [6, 6.07) is 5.65. The van der Waals surface area contributed by atoms with Crippen LogP contribution >= 0.6 is 0 Å². The first-order valence-electron chi connectivity index (χ1n) is 5.00. The molecule has 1 atom stereocenters. The summed E-state index contributed by atoms with van der Waals surface area (Å²) in [6.07, 6.45) is 5.42. The predicted octanol–water partition coefficient (Wildman–Crippen LogP) is 1.90. The van der Waals surface area contributed by atoms with E-state index in [1.54, 1.807) is 18.2 Å². The fraction of sp³-hybridized carbons (Fsp3) is 0.167. The first-order valence-corrected chi connectivity index (χ1v) is 5.00. The Morgan fingerprint density at radius 3 is 2.94 bits per heavy atom. The fourth-order valence-electron chi connectivity index (χ4n) is 1.35. The van der Waals surface area contributed by atoms with E-state index in [0.717, 1.165) is 0 Å². The van der Waals surface area contributed by atoms with Gasteiger partial charge in [0.2, 0.25) is 11.7 Å². The third kappa shape index (κ3) is 2.32. The monoisotopic (exact) mass is 231 g/mol. The summed E-state index contributed by atoms with van der Waals surface area (Å²) in [4.78, 5) is 4.02. The second kappa shape index (κ2) is 4.76. The first-order chi connectivity index (χ1) is 8.22. The maximum absolute atomic E-state index is 13.4. The Labute approximate surface area is 97.6 Å². The Morgan fingerprint density at radius 1 is 1.47 bits per heavy atom. The van der Waals surface area contributed by atoms with E-state index in [4.69, 9.17) is 16.7 Å². The number of hydrogen-bond acceptors (Lipinski definition) is 4. The number of nitrogens with two attached hydrogens (primary N) is 1. The fourth-order valence-corrected chi connectivity index (χ4v) is 1.35. The highest BCUT2D eigenvalue weighted by atomic mass is 19.1. The van der Waals surface area contributed by atoms with Gasteiger partial charge in [-0.2, -0.15) is 4.98 Å². The molecule has 0 saturated carbocycles. The lowest BCUT2D eigenvalue weighted by Crippen LogP contribution is -2.09. The normalized spacial score (nSPS) is 12.1. The molecule has 5 heteroatoms. The van der Waals surface area contributed by atoms with Crippen molar-refractivity contribution < 1.29 is 8.91 Å². The molecule has 17 heavy (non-hydrogen) atoms. The van der Waals surface area contributed by atoms with Gasteiger partial charge in [0.25, 0.3) is 0 Å². The van der Waals surface area contributed by atoms with Gasteiger partial charge in [-0.05, 0) is 12.1 Å². The lowest BCUT2D eigenvalue weighted by Gasteiger charge is -1.99. The van der Waals surface area contributed by atoms with Crippen LogP contribution in [-0.2, 0) is 0 Å². The molecule has 0 radical (unpaired) electrons. The average molecular weight is 231 g/mol. The number of rotatable bonds is 3. The van der Waals surface area contributed by atoms with E-state index in [0.29, 0.717) is 6.42 Å². The highest BCUT2D eigenvalue weighted by molar-refractivity contribution is 5.54. The van der Waals surface area contributed by atoms with Gasteiger partial charge in [-0.25, -0.2) is 4.39 Å².